The molecule has 0 aromatic carbocycles. The highest BCUT2D eigenvalue weighted by Gasteiger charge is 2.40. The van der Waals surface area contributed by atoms with Gasteiger partial charge in [0, 0.05) is 54.6 Å². The Hall–Kier alpha value is -2.65. The van der Waals surface area contributed by atoms with Crippen LogP contribution in [0.4, 0.5) is 0 Å². The van der Waals surface area contributed by atoms with Crippen LogP contribution in [0.5, 0.6) is 0 Å². The van der Waals surface area contributed by atoms with Crippen molar-refractivity contribution in [3.8, 4) is 11.4 Å². The third-order valence-electron chi connectivity index (χ3n) is 5.52. The van der Waals surface area contributed by atoms with Gasteiger partial charge in [-0.3, -0.25) is 14.7 Å². The predicted octanol–water partition coefficient (Wildman–Crippen LogP) is 1.50. The van der Waals surface area contributed by atoms with Crippen LogP contribution >= 0.6 is 11.3 Å². The van der Waals surface area contributed by atoms with E-state index in [0.717, 1.165) is 48.9 Å². The number of nitrogens with zero attached hydrogens (tertiary/aromatic N) is 6. The summed E-state index contributed by atoms with van der Waals surface area (Å²) in [5, 5.41) is 11.0. The number of carbonyl (C=O) groups is 1. The van der Waals surface area contributed by atoms with E-state index >= 15 is 0 Å². The van der Waals surface area contributed by atoms with Gasteiger partial charge in [-0.1, -0.05) is 0 Å². The molecule has 0 unspecified atom stereocenters. The van der Waals surface area contributed by atoms with E-state index in [-0.39, 0.29) is 18.0 Å². The van der Waals surface area contributed by atoms with Gasteiger partial charge in [0.15, 0.2) is 5.82 Å². The van der Waals surface area contributed by atoms with Crippen LogP contribution in [0.25, 0.3) is 11.4 Å². The molecular weight excluding hydrogens is 374 g/mol. The number of rotatable bonds is 3. The quantitative estimate of drug-likeness (QED) is 0.723. The first-order valence-corrected chi connectivity index (χ1v) is 10.3. The van der Waals surface area contributed by atoms with E-state index in [9.17, 15) is 4.79 Å². The van der Waals surface area contributed by atoms with E-state index < -0.39 is 0 Å². The zero-order valence-electron chi connectivity index (χ0n) is 15.4. The number of aromatic nitrogens is 5. The number of fused-ring (bicyclic) bond motifs is 1. The molecule has 3 aromatic heterocycles. The van der Waals surface area contributed by atoms with Crippen LogP contribution in [-0.2, 0) is 24.3 Å². The summed E-state index contributed by atoms with van der Waals surface area (Å²) in [5.41, 5.74) is 0.625. The molecule has 5 heterocycles. The van der Waals surface area contributed by atoms with Crippen LogP contribution in [0.2, 0.25) is 0 Å². The first-order valence-electron chi connectivity index (χ1n) is 9.45. The standard InChI is InChI=1S/C19H21N7OS/c27-16-12-26-15(22-18(24-26)14-2-1-5-20-11-14)10-19(23-16)3-7-25(8-4-19)13-17-21-6-9-28-17/h1-2,5-6,9,11H,3-4,7-8,10,12-13H2,(H,23,27). The predicted molar refractivity (Wildman–Crippen MR) is 104 cm³/mol. The van der Waals surface area contributed by atoms with E-state index in [1.54, 1.807) is 28.4 Å². The van der Waals surface area contributed by atoms with Gasteiger partial charge >= 0.3 is 0 Å². The number of amides is 1. The Labute approximate surface area is 166 Å². The molecule has 0 radical (unpaired) electrons. The minimum absolute atomic E-state index is 0.00904. The van der Waals surface area contributed by atoms with Crippen molar-refractivity contribution < 1.29 is 4.79 Å². The van der Waals surface area contributed by atoms with E-state index in [2.05, 4.69) is 25.3 Å². The van der Waals surface area contributed by atoms with E-state index in [0.29, 0.717) is 12.2 Å². The minimum Gasteiger partial charge on any atom is -0.349 e. The third kappa shape index (κ3) is 3.43. The molecule has 5 rings (SSSR count). The van der Waals surface area contributed by atoms with E-state index in [4.69, 9.17) is 4.98 Å². The molecule has 0 aliphatic carbocycles. The lowest BCUT2D eigenvalue weighted by Gasteiger charge is -2.41. The second-order valence-electron chi connectivity index (χ2n) is 7.46. The van der Waals surface area contributed by atoms with Crippen molar-refractivity contribution in [3.05, 3.63) is 46.9 Å². The smallest absolute Gasteiger partial charge is 0.242 e. The fourth-order valence-electron chi connectivity index (χ4n) is 4.03. The Kier molecular flexibility index (Phi) is 4.40. The van der Waals surface area contributed by atoms with Crippen molar-refractivity contribution in [2.24, 2.45) is 0 Å². The molecule has 1 spiro atoms. The van der Waals surface area contributed by atoms with Crippen molar-refractivity contribution in [2.75, 3.05) is 13.1 Å². The molecule has 3 aromatic rings. The SMILES string of the molecule is O=C1Cn2nc(-c3cccnc3)nc2CC2(CCN(Cc3nccs3)CC2)N1. The summed E-state index contributed by atoms with van der Waals surface area (Å²) in [6, 6.07) is 3.81. The Morgan fingerprint density at radius 3 is 2.89 bits per heavy atom. The van der Waals surface area contributed by atoms with Crippen LogP contribution in [0.3, 0.4) is 0 Å². The molecular formula is C19H21N7OS. The van der Waals surface area contributed by atoms with Crippen molar-refractivity contribution in [1.29, 1.82) is 0 Å². The van der Waals surface area contributed by atoms with Crippen LogP contribution in [-0.4, -0.2) is 54.2 Å². The van der Waals surface area contributed by atoms with Crippen LogP contribution in [0, 0.1) is 0 Å². The molecule has 0 bridgehead atoms. The number of piperidine rings is 1. The molecule has 1 amide bonds. The molecule has 1 saturated heterocycles. The van der Waals surface area contributed by atoms with Gasteiger partial charge in [0.2, 0.25) is 5.91 Å². The van der Waals surface area contributed by atoms with Gasteiger partial charge in [-0.25, -0.2) is 14.6 Å². The highest BCUT2D eigenvalue weighted by atomic mass is 32.1. The normalized spacial score (nSPS) is 19.2. The maximum atomic E-state index is 12.6. The zero-order valence-corrected chi connectivity index (χ0v) is 16.2. The Morgan fingerprint density at radius 1 is 1.25 bits per heavy atom. The average Bonchev–Trinajstić information content (AvgIpc) is 3.32. The second kappa shape index (κ2) is 7.06. The summed E-state index contributed by atoms with van der Waals surface area (Å²) in [7, 11) is 0. The minimum atomic E-state index is -0.246. The number of hydrogen-bond acceptors (Lipinski definition) is 7. The zero-order chi connectivity index (χ0) is 19.0. The fraction of sp³-hybridized carbons (Fsp3) is 0.421. The number of nitrogens with one attached hydrogen (secondary N) is 1. The van der Waals surface area contributed by atoms with Gasteiger partial charge in [0.05, 0.1) is 6.54 Å². The summed E-state index contributed by atoms with van der Waals surface area (Å²) >= 11 is 1.69. The third-order valence-corrected chi connectivity index (χ3v) is 6.28. The summed E-state index contributed by atoms with van der Waals surface area (Å²) in [6.45, 7) is 2.96. The van der Waals surface area contributed by atoms with Gasteiger partial charge in [-0.05, 0) is 25.0 Å². The van der Waals surface area contributed by atoms with Gasteiger partial charge in [-0.15, -0.1) is 11.3 Å². The Morgan fingerprint density at radius 2 is 2.14 bits per heavy atom. The lowest BCUT2D eigenvalue weighted by Crippen LogP contribution is -2.56. The molecule has 9 heteroatoms. The first kappa shape index (κ1) is 17.4. The van der Waals surface area contributed by atoms with Gasteiger partial charge in [0.25, 0.3) is 0 Å². The van der Waals surface area contributed by atoms with Crippen LogP contribution < -0.4 is 5.32 Å². The number of hydrogen-bond donors (Lipinski definition) is 1. The van der Waals surface area contributed by atoms with Gasteiger partial charge in [-0.2, -0.15) is 5.10 Å². The second-order valence-corrected chi connectivity index (χ2v) is 8.44. The van der Waals surface area contributed by atoms with Crippen LogP contribution in [0.15, 0.2) is 36.1 Å². The topological polar surface area (TPSA) is 88.8 Å². The van der Waals surface area contributed by atoms with Gasteiger partial charge in [0.1, 0.15) is 17.4 Å². The molecule has 144 valence electrons. The lowest BCUT2D eigenvalue weighted by atomic mass is 9.84. The summed E-state index contributed by atoms with van der Waals surface area (Å²) in [5.74, 6) is 1.51. The van der Waals surface area contributed by atoms with Crippen molar-refractivity contribution in [1.82, 2.24) is 34.9 Å². The molecule has 1 fully saturated rings. The highest BCUT2D eigenvalue weighted by molar-refractivity contribution is 7.09. The lowest BCUT2D eigenvalue weighted by molar-refractivity contribution is -0.123. The monoisotopic (exact) mass is 395 g/mol. The average molecular weight is 395 g/mol. The maximum absolute atomic E-state index is 12.6. The number of thiazole rings is 1. The van der Waals surface area contributed by atoms with Crippen molar-refractivity contribution in [2.45, 2.75) is 37.9 Å². The molecule has 0 atom stereocenters. The number of carbonyl (C=O) groups excluding carboxylic acids is 1. The molecule has 0 saturated carbocycles. The van der Waals surface area contributed by atoms with Crippen LogP contribution in [0.1, 0.15) is 23.7 Å². The molecule has 8 nitrogen and oxygen atoms in total. The largest absolute Gasteiger partial charge is 0.349 e. The molecule has 1 N–H and O–H groups in total. The maximum Gasteiger partial charge on any atom is 0.242 e. The van der Waals surface area contributed by atoms with Crippen molar-refractivity contribution >= 4 is 17.2 Å². The van der Waals surface area contributed by atoms with Crippen molar-refractivity contribution in [3.63, 3.8) is 0 Å². The molecule has 2 aliphatic rings. The Balaban J connectivity index is 1.35. The Bertz CT molecular complexity index is 962. The summed E-state index contributed by atoms with van der Waals surface area (Å²) < 4.78 is 1.74. The van der Waals surface area contributed by atoms with Gasteiger partial charge < -0.3 is 5.32 Å². The van der Waals surface area contributed by atoms with E-state index in [1.807, 2.05) is 23.7 Å². The first-order chi connectivity index (χ1) is 13.7. The molecule has 28 heavy (non-hydrogen) atoms. The highest BCUT2D eigenvalue weighted by Crippen LogP contribution is 2.29. The summed E-state index contributed by atoms with van der Waals surface area (Å²) in [4.78, 5) is 28.2. The fourth-order valence-corrected chi connectivity index (χ4v) is 4.69. The number of likely N-dealkylation sites (tertiary alicyclic amines) is 1. The van der Waals surface area contributed by atoms with E-state index in [1.165, 1.54) is 0 Å². The molecule has 2 aliphatic heterocycles. The number of pyridine rings is 1. The summed E-state index contributed by atoms with van der Waals surface area (Å²) in [6.07, 6.45) is 7.84.